The van der Waals surface area contributed by atoms with Gasteiger partial charge >= 0.3 is 0 Å². The van der Waals surface area contributed by atoms with Gasteiger partial charge in [0, 0.05) is 11.9 Å². The number of pyridine rings is 1. The third-order valence-electron chi connectivity index (χ3n) is 3.02. The van der Waals surface area contributed by atoms with E-state index in [0.29, 0.717) is 6.04 Å². The Kier molecular flexibility index (Phi) is 3.06. The number of fused-ring (bicyclic) bond motifs is 1. The predicted molar refractivity (Wildman–Crippen MR) is 73.6 cm³/mol. The maximum absolute atomic E-state index is 4.48. The predicted octanol–water partition coefficient (Wildman–Crippen LogP) is 3.37. The minimum Gasteiger partial charge on any atom is -0.498 e. The smallest absolute Gasteiger partial charge is 0.124 e. The molecule has 1 aromatic carbocycles. The van der Waals surface area contributed by atoms with Gasteiger partial charge in [-0.1, -0.05) is 0 Å². The Bertz CT molecular complexity index is 542. The van der Waals surface area contributed by atoms with Crippen LogP contribution in [0.25, 0.3) is 0 Å². The molecule has 0 amide bonds. The fraction of sp³-hybridized carbons (Fsp3) is 0.200. The van der Waals surface area contributed by atoms with Crippen LogP contribution in [0.3, 0.4) is 0 Å². The topological polar surface area (TPSA) is 19.4 Å². The number of nitrogens with zero attached hydrogens (tertiary/aromatic N) is 3. The molecule has 0 fully saturated rings. The molecule has 4 heteroatoms. The number of anilines is 3. The molecule has 3 rings (SSSR count). The molecule has 0 bridgehead atoms. The zero-order valence-corrected chi connectivity index (χ0v) is 12.9. The second-order valence-corrected chi connectivity index (χ2v) is 4.58. The summed E-state index contributed by atoms with van der Waals surface area (Å²) in [6, 6.07) is 15.7. The van der Waals surface area contributed by atoms with Crippen molar-refractivity contribution >= 4 is 17.2 Å². The van der Waals surface area contributed by atoms with E-state index < -0.39 is 0 Å². The van der Waals surface area contributed by atoms with Gasteiger partial charge in [0.15, 0.2) is 0 Å². The Morgan fingerprint density at radius 2 is 2.05 bits per heavy atom. The van der Waals surface area contributed by atoms with Crippen LogP contribution in [0.2, 0.25) is 0 Å². The molecule has 0 aliphatic carbocycles. The van der Waals surface area contributed by atoms with Crippen LogP contribution in [0, 0.1) is 12.7 Å². The van der Waals surface area contributed by atoms with Gasteiger partial charge in [-0.3, -0.25) is 0 Å². The maximum Gasteiger partial charge on any atom is 0.124 e. The van der Waals surface area contributed by atoms with E-state index in [-0.39, 0.29) is 0 Å². The van der Waals surface area contributed by atoms with Crippen molar-refractivity contribution in [1.82, 2.24) is 4.98 Å². The summed E-state index contributed by atoms with van der Waals surface area (Å²) >= 11 is 0. The Labute approximate surface area is 108 Å². The molecule has 107 valence electrons. The van der Waals surface area contributed by atoms with Gasteiger partial charge in [-0.15, -0.1) is 12.4 Å². The average Bonchev–Trinajstić information content (AvgIpc) is 2.79. The number of hydrogen-bond acceptors (Lipinski definition) is 3. The largest absolute Gasteiger partial charge is 0.498 e. The molecule has 0 N–H and O–H groups in total. The molecule has 0 unspecified atom stereocenters. The van der Waals surface area contributed by atoms with Crippen molar-refractivity contribution in [2.24, 2.45) is 0 Å². The standard InChI is InChI=1S/C15H15N3.Lr/c1-12(2)17-11-18(13-7-4-3-5-8-13)15-14(17)9-6-10-16-15;/h3-7,9-12H,1-2H3;/q-2;. The molecule has 1 aromatic heterocycles. The summed E-state index contributed by atoms with van der Waals surface area (Å²) in [4.78, 5) is 8.79. The van der Waals surface area contributed by atoms with Gasteiger partial charge < -0.3 is 9.80 Å². The fourth-order valence-corrected chi connectivity index (χ4v) is 2.14. The normalized spacial score (nSPS) is 13.4. The summed E-state index contributed by atoms with van der Waals surface area (Å²) in [7, 11) is 0. The van der Waals surface area contributed by atoms with E-state index in [4.69, 9.17) is 0 Å². The van der Waals surface area contributed by atoms with Crippen LogP contribution < -0.4 is 9.80 Å². The first-order valence-corrected chi connectivity index (χ1v) is 6.11. The van der Waals surface area contributed by atoms with Crippen molar-refractivity contribution in [3.05, 3.63) is 55.3 Å². The monoisotopic (exact) mass is 499 g/mol. The van der Waals surface area contributed by atoms with Crippen LogP contribution in [0.1, 0.15) is 13.8 Å². The van der Waals surface area contributed by atoms with Crippen molar-refractivity contribution in [2.75, 3.05) is 9.80 Å². The number of para-hydroxylation sites is 1. The molecule has 1 radical (unpaired) electrons. The summed E-state index contributed by atoms with van der Waals surface area (Å²) in [6.07, 6.45) is 1.83. The minimum atomic E-state index is 0. The third kappa shape index (κ3) is 1.95. The van der Waals surface area contributed by atoms with Crippen LogP contribution in [0.15, 0.2) is 42.6 Å². The zero-order chi connectivity index (χ0) is 12.5. The fourth-order valence-electron chi connectivity index (χ4n) is 2.14. The Balaban J connectivity index is 0.00000133. The van der Waals surface area contributed by atoms with Crippen molar-refractivity contribution in [1.29, 1.82) is 0 Å². The number of hydrogen-bond donors (Lipinski definition) is 0. The Hall–Kier alpha value is -3.03. The van der Waals surface area contributed by atoms with E-state index in [9.17, 15) is 0 Å². The summed E-state index contributed by atoms with van der Waals surface area (Å²) in [6.45, 7) is 6.44. The van der Waals surface area contributed by atoms with Gasteiger partial charge in [0.25, 0.3) is 0 Å². The van der Waals surface area contributed by atoms with Crippen LogP contribution >= 0.6 is 0 Å². The average molecular weight is 499 g/mol. The SMILES string of the molecule is CC(C)N1[CH-]N(c2[c-]cccc2)c2ncccc21.[Lr]. The second kappa shape index (κ2) is 4.69. The summed E-state index contributed by atoms with van der Waals surface area (Å²) in [5.41, 5.74) is 2.16. The first kappa shape index (κ1) is 12.4. The number of aromatic nitrogens is 1. The van der Waals surface area contributed by atoms with Gasteiger partial charge in [0.05, 0.1) is 0 Å². The molecular formula is C15H15LrN3-2. The molecule has 0 saturated carbocycles. The molecule has 0 saturated heterocycles. The molecule has 19 heavy (non-hydrogen) atoms. The molecular weight excluding hydrogens is 484 g/mol. The molecule has 2 heterocycles. The van der Waals surface area contributed by atoms with E-state index in [0.717, 1.165) is 17.2 Å². The molecule has 1 aliphatic heterocycles. The molecule has 2 aromatic rings. The number of benzene rings is 1. The molecule has 1 aliphatic rings. The molecule has 3 nitrogen and oxygen atoms in total. The van der Waals surface area contributed by atoms with E-state index >= 15 is 0 Å². The van der Waals surface area contributed by atoms with E-state index in [1.54, 1.807) is 0 Å². The quantitative estimate of drug-likeness (QED) is 0.592. The second-order valence-electron chi connectivity index (χ2n) is 4.58. The van der Waals surface area contributed by atoms with Gasteiger partial charge in [-0.25, -0.2) is 4.98 Å². The van der Waals surface area contributed by atoms with Gasteiger partial charge in [-0.2, -0.15) is 30.3 Å². The molecule has 0 spiro atoms. The van der Waals surface area contributed by atoms with Gasteiger partial charge in [0.2, 0.25) is 0 Å². The van der Waals surface area contributed by atoms with Gasteiger partial charge in [0.1, 0.15) is 5.82 Å². The van der Waals surface area contributed by atoms with E-state index in [1.165, 1.54) is 0 Å². The van der Waals surface area contributed by atoms with Gasteiger partial charge in [-0.05, 0) is 32.0 Å². The van der Waals surface area contributed by atoms with Crippen molar-refractivity contribution in [3.63, 3.8) is 0 Å². The summed E-state index contributed by atoms with van der Waals surface area (Å²) in [5.74, 6) is 0.966. The Morgan fingerprint density at radius 1 is 1.21 bits per heavy atom. The van der Waals surface area contributed by atoms with Crippen LogP contribution in [-0.2, 0) is 0 Å². The molecule has 0 atom stereocenters. The summed E-state index contributed by atoms with van der Waals surface area (Å²) < 4.78 is 0. The maximum atomic E-state index is 4.48. The minimum absolute atomic E-state index is 0. The van der Waals surface area contributed by atoms with Crippen molar-refractivity contribution in [2.45, 2.75) is 19.9 Å². The van der Waals surface area contributed by atoms with E-state index in [1.807, 2.05) is 36.5 Å². The van der Waals surface area contributed by atoms with Crippen LogP contribution in [0.5, 0.6) is 0 Å². The third-order valence-corrected chi connectivity index (χ3v) is 3.02. The Morgan fingerprint density at radius 3 is 2.74 bits per heavy atom. The van der Waals surface area contributed by atoms with Crippen LogP contribution in [0.4, 0.5) is 17.2 Å². The van der Waals surface area contributed by atoms with Crippen molar-refractivity contribution < 1.29 is 0 Å². The summed E-state index contributed by atoms with van der Waals surface area (Å²) in [5, 5.41) is 0. The zero-order valence-electron chi connectivity index (χ0n) is 10.8. The van der Waals surface area contributed by atoms with Crippen LogP contribution in [-0.4, -0.2) is 11.0 Å². The van der Waals surface area contributed by atoms with Crippen molar-refractivity contribution in [3.8, 4) is 0 Å². The number of rotatable bonds is 2. The first-order chi connectivity index (χ1) is 8.77. The first-order valence-electron chi connectivity index (χ1n) is 6.11. The van der Waals surface area contributed by atoms with E-state index in [2.05, 4.69) is 47.4 Å².